The van der Waals surface area contributed by atoms with Crippen LogP contribution in [0.1, 0.15) is 44.5 Å². The summed E-state index contributed by atoms with van der Waals surface area (Å²) in [5.74, 6) is 0. The first-order valence-electron chi connectivity index (χ1n) is 10.3. The Hall–Kier alpha value is -2.24. The highest BCUT2D eigenvalue weighted by atomic mass is 32.1. The van der Waals surface area contributed by atoms with Gasteiger partial charge in [-0.15, -0.1) is 22.7 Å². The number of benzene rings is 2. The van der Waals surface area contributed by atoms with E-state index >= 15 is 0 Å². The molecule has 0 aliphatic heterocycles. The van der Waals surface area contributed by atoms with Crippen molar-refractivity contribution in [1.29, 1.82) is 0 Å². The molecule has 0 aliphatic rings. The van der Waals surface area contributed by atoms with Crippen molar-refractivity contribution >= 4 is 22.7 Å². The smallest absolute Gasteiger partial charge is 0.161 e. The third-order valence-corrected chi connectivity index (χ3v) is 8.32. The molecule has 4 rings (SSSR count). The Bertz CT molecular complexity index is 1010. The van der Waals surface area contributed by atoms with E-state index < -0.39 is 11.2 Å². The number of aliphatic hydroxyl groups is 2. The highest BCUT2D eigenvalue weighted by molar-refractivity contribution is 7.12. The molecule has 2 nitrogen and oxygen atoms in total. The van der Waals surface area contributed by atoms with Crippen LogP contribution in [0.3, 0.4) is 0 Å². The van der Waals surface area contributed by atoms with Gasteiger partial charge in [-0.3, -0.25) is 0 Å². The predicted octanol–water partition coefficient (Wildman–Crippen LogP) is 6.11. The van der Waals surface area contributed by atoms with Crippen LogP contribution in [0.15, 0.2) is 84.9 Å². The normalized spacial score (nSPS) is 15.5. The molecule has 2 aromatic heterocycles. The second-order valence-corrected chi connectivity index (χ2v) is 9.73. The van der Waals surface area contributed by atoms with E-state index in [-0.39, 0.29) is 0 Å². The average molecular weight is 435 g/mol. The lowest BCUT2D eigenvalue weighted by molar-refractivity contribution is -0.108. The molecule has 0 saturated carbocycles. The topological polar surface area (TPSA) is 40.5 Å². The summed E-state index contributed by atoms with van der Waals surface area (Å²) in [6.45, 7) is 4.21. The first-order chi connectivity index (χ1) is 14.5. The van der Waals surface area contributed by atoms with E-state index in [4.69, 9.17) is 0 Å². The van der Waals surface area contributed by atoms with Crippen LogP contribution in [-0.2, 0) is 24.0 Å². The first-order valence-corrected chi connectivity index (χ1v) is 11.9. The maximum atomic E-state index is 12.5. The average Bonchev–Trinajstić information content (AvgIpc) is 3.49. The summed E-state index contributed by atoms with van der Waals surface area (Å²) in [7, 11) is 0. The largest absolute Gasteiger partial charge is 0.376 e. The molecule has 0 radical (unpaired) electrons. The summed E-state index contributed by atoms with van der Waals surface area (Å²) in [6.07, 6.45) is 1.77. The molecule has 0 spiro atoms. The van der Waals surface area contributed by atoms with Crippen LogP contribution < -0.4 is 0 Å². The SMILES string of the molecule is CCc1ccc([C@](O)(c2ccccc2)[C@](O)(c2ccccc2)c2ccc(CC)s2)s1. The van der Waals surface area contributed by atoms with Gasteiger partial charge in [-0.1, -0.05) is 74.5 Å². The Kier molecular flexibility index (Phi) is 5.94. The van der Waals surface area contributed by atoms with Crippen molar-refractivity contribution in [3.63, 3.8) is 0 Å². The molecular formula is C26H26O2S2. The lowest BCUT2D eigenvalue weighted by Crippen LogP contribution is -2.50. The van der Waals surface area contributed by atoms with Crippen LogP contribution in [0, 0.1) is 0 Å². The van der Waals surface area contributed by atoms with Gasteiger partial charge in [0, 0.05) is 19.5 Å². The Balaban J connectivity index is 2.05. The second-order valence-electron chi connectivity index (χ2n) is 7.39. The molecule has 4 heteroatoms. The Morgan fingerprint density at radius 2 is 0.933 bits per heavy atom. The number of hydrogen-bond acceptors (Lipinski definition) is 4. The number of rotatable bonds is 7. The Labute approximate surface area is 186 Å². The van der Waals surface area contributed by atoms with Crippen molar-refractivity contribution < 1.29 is 10.2 Å². The summed E-state index contributed by atoms with van der Waals surface area (Å²) in [5.41, 5.74) is -1.92. The van der Waals surface area contributed by atoms with Crippen LogP contribution >= 0.6 is 22.7 Å². The van der Waals surface area contributed by atoms with Crippen LogP contribution in [-0.4, -0.2) is 10.2 Å². The monoisotopic (exact) mass is 434 g/mol. The molecule has 0 saturated heterocycles. The molecule has 2 atom stereocenters. The van der Waals surface area contributed by atoms with Crippen molar-refractivity contribution in [3.05, 3.63) is 116 Å². The highest BCUT2D eigenvalue weighted by Crippen LogP contribution is 2.52. The van der Waals surface area contributed by atoms with Gasteiger partial charge in [0.05, 0.1) is 0 Å². The molecule has 0 unspecified atom stereocenters. The number of hydrogen-bond donors (Lipinski definition) is 2. The van der Waals surface area contributed by atoms with Gasteiger partial charge in [0.1, 0.15) is 0 Å². The molecule has 154 valence electrons. The maximum absolute atomic E-state index is 12.5. The fourth-order valence-corrected chi connectivity index (χ4v) is 6.17. The van der Waals surface area contributed by atoms with E-state index in [9.17, 15) is 10.2 Å². The minimum atomic E-state index is -1.64. The van der Waals surface area contributed by atoms with Gasteiger partial charge in [-0.05, 0) is 48.2 Å². The van der Waals surface area contributed by atoms with Gasteiger partial charge in [-0.2, -0.15) is 0 Å². The van der Waals surface area contributed by atoms with E-state index in [1.807, 2.05) is 84.9 Å². The Morgan fingerprint density at radius 3 is 1.23 bits per heavy atom. The molecule has 0 aliphatic carbocycles. The van der Waals surface area contributed by atoms with Crippen molar-refractivity contribution in [2.45, 2.75) is 37.9 Å². The Morgan fingerprint density at radius 1 is 0.567 bits per heavy atom. The van der Waals surface area contributed by atoms with Crippen LogP contribution in [0.5, 0.6) is 0 Å². The van der Waals surface area contributed by atoms with Gasteiger partial charge in [-0.25, -0.2) is 0 Å². The predicted molar refractivity (Wildman–Crippen MR) is 126 cm³/mol. The van der Waals surface area contributed by atoms with Crippen LogP contribution in [0.4, 0.5) is 0 Å². The quantitative estimate of drug-likeness (QED) is 0.369. The maximum Gasteiger partial charge on any atom is 0.161 e. The summed E-state index contributed by atoms with van der Waals surface area (Å²) >= 11 is 3.12. The van der Waals surface area contributed by atoms with Gasteiger partial charge >= 0.3 is 0 Å². The summed E-state index contributed by atoms with van der Waals surface area (Å²) in [5, 5.41) is 25.1. The van der Waals surface area contributed by atoms with Gasteiger partial charge < -0.3 is 10.2 Å². The lowest BCUT2D eigenvalue weighted by atomic mass is 9.71. The second kappa shape index (κ2) is 8.48. The molecule has 0 amide bonds. The molecule has 4 aromatic rings. The van der Waals surface area contributed by atoms with Crippen molar-refractivity contribution in [2.75, 3.05) is 0 Å². The zero-order valence-corrected chi connectivity index (χ0v) is 18.8. The summed E-state index contributed by atoms with van der Waals surface area (Å²) in [6, 6.07) is 27.1. The van der Waals surface area contributed by atoms with E-state index in [1.165, 1.54) is 9.75 Å². The molecule has 0 bridgehead atoms. The first kappa shape index (κ1) is 21.0. The van der Waals surface area contributed by atoms with Gasteiger partial charge in [0.25, 0.3) is 0 Å². The van der Waals surface area contributed by atoms with E-state index in [2.05, 4.69) is 13.8 Å². The molecule has 2 aromatic carbocycles. The molecular weight excluding hydrogens is 408 g/mol. The number of aryl methyl sites for hydroxylation is 2. The fourth-order valence-electron chi connectivity index (χ4n) is 3.94. The zero-order chi connectivity index (χ0) is 21.2. The van der Waals surface area contributed by atoms with Crippen molar-refractivity contribution in [3.8, 4) is 0 Å². The molecule has 2 heterocycles. The third kappa shape index (κ3) is 3.34. The molecule has 2 N–H and O–H groups in total. The molecule has 30 heavy (non-hydrogen) atoms. The van der Waals surface area contributed by atoms with Gasteiger partial charge in [0.2, 0.25) is 0 Å². The van der Waals surface area contributed by atoms with Gasteiger partial charge in [0.15, 0.2) is 11.2 Å². The minimum Gasteiger partial charge on any atom is -0.376 e. The van der Waals surface area contributed by atoms with Crippen LogP contribution in [0.2, 0.25) is 0 Å². The van der Waals surface area contributed by atoms with Crippen molar-refractivity contribution in [1.82, 2.24) is 0 Å². The molecule has 0 fully saturated rings. The fraction of sp³-hybridized carbons (Fsp3) is 0.231. The van der Waals surface area contributed by atoms with E-state index in [1.54, 1.807) is 22.7 Å². The third-order valence-electron chi connectivity index (χ3n) is 5.64. The van der Waals surface area contributed by atoms with Crippen molar-refractivity contribution in [2.24, 2.45) is 0 Å². The zero-order valence-electron chi connectivity index (χ0n) is 17.2. The van der Waals surface area contributed by atoms with E-state index in [0.29, 0.717) is 11.1 Å². The summed E-state index contributed by atoms with van der Waals surface area (Å²) in [4.78, 5) is 3.83. The minimum absolute atomic E-state index is 0.673. The standard InChI is InChI=1S/C26H26O2S2/c1-3-21-15-17-23(29-21)25(27,19-11-7-5-8-12-19)26(28,20-13-9-6-10-14-20)24-18-16-22(4-2)30-24/h5-18,27-28H,3-4H2,1-2H3/t25-,26+. The highest BCUT2D eigenvalue weighted by Gasteiger charge is 2.55. The number of thiophene rings is 2. The van der Waals surface area contributed by atoms with E-state index in [0.717, 1.165) is 22.6 Å². The lowest BCUT2D eigenvalue weighted by Gasteiger charge is -2.43. The van der Waals surface area contributed by atoms with Crippen LogP contribution in [0.25, 0.3) is 0 Å². The summed E-state index contributed by atoms with van der Waals surface area (Å²) < 4.78 is 0.